The Kier molecular flexibility index (Phi) is 4.15. The van der Waals surface area contributed by atoms with E-state index in [9.17, 15) is 0 Å². The third-order valence-corrected chi connectivity index (χ3v) is 4.08. The van der Waals surface area contributed by atoms with Crippen LogP contribution in [0.1, 0.15) is 36.6 Å². The van der Waals surface area contributed by atoms with Gasteiger partial charge in [-0.25, -0.2) is 9.97 Å². The van der Waals surface area contributed by atoms with Gasteiger partial charge in [-0.15, -0.1) is 0 Å². The van der Waals surface area contributed by atoms with Crippen molar-refractivity contribution in [2.24, 2.45) is 0 Å². The highest BCUT2D eigenvalue weighted by Crippen LogP contribution is 2.40. The molecule has 1 aromatic carbocycles. The van der Waals surface area contributed by atoms with Gasteiger partial charge in [0, 0.05) is 25.8 Å². The second-order valence-electron chi connectivity index (χ2n) is 5.45. The predicted molar refractivity (Wildman–Crippen MR) is 84.3 cm³/mol. The van der Waals surface area contributed by atoms with Gasteiger partial charge in [0.15, 0.2) is 5.82 Å². The van der Waals surface area contributed by atoms with Crippen molar-refractivity contribution >= 4 is 5.82 Å². The molecule has 0 aliphatic heterocycles. The van der Waals surface area contributed by atoms with Crippen molar-refractivity contribution in [2.75, 3.05) is 19.5 Å². The summed E-state index contributed by atoms with van der Waals surface area (Å²) in [5.41, 5.74) is 3.61. The van der Waals surface area contributed by atoms with Gasteiger partial charge in [-0.05, 0) is 24.3 Å². The van der Waals surface area contributed by atoms with E-state index in [4.69, 9.17) is 4.74 Å². The number of nitrogens with zero attached hydrogens (tertiary/aromatic N) is 2. The lowest BCUT2D eigenvalue weighted by Crippen LogP contribution is -2.11. The molecule has 1 aliphatic rings. The Morgan fingerprint density at radius 1 is 1.24 bits per heavy atom. The quantitative estimate of drug-likeness (QED) is 0.910. The Bertz CT molecular complexity index is 623. The Labute approximate surface area is 125 Å². The second-order valence-corrected chi connectivity index (χ2v) is 5.45. The largest absolute Gasteiger partial charge is 0.377 e. The van der Waals surface area contributed by atoms with Gasteiger partial charge in [0.1, 0.15) is 12.4 Å². The van der Waals surface area contributed by atoms with Crippen molar-refractivity contribution in [3.05, 3.63) is 41.7 Å². The molecule has 0 bridgehead atoms. The molecule has 0 unspecified atom stereocenters. The first-order valence-corrected chi connectivity index (χ1v) is 7.45. The number of aromatic nitrogens is 2. The van der Waals surface area contributed by atoms with Gasteiger partial charge in [0.2, 0.25) is 0 Å². The van der Waals surface area contributed by atoms with E-state index in [1.807, 2.05) is 13.1 Å². The zero-order chi connectivity index (χ0) is 14.7. The summed E-state index contributed by atoms with van der Waals surface area (Å²) in [6, 6.07) is 10.6. The van der Waals surface area contributed by atoms with Gasteiger partial charge in [0.05, 0.1) is 5.69 Å². The Balaban J connectivity index is 2.05. The highest BCUT2D eigenvalue weighted by molar-refractivity contribution is 5.67. The van der Waals surface area contributed by atoms with Crippen LogP contribution in [0.2, 0.25) is 0 Å². The molecule has 2 aromatic rings. The molecule has 1 N–H and O–H groups in total. The molecule has 1 aliphatic carbocycles. The van der Waals surface area contributed by atoms with Crippen molar-refractivity contribution in [3.8, 4) is 11.3 Å². The number of benzene rings is 1. The number of rotatable bonds is 5. The maximum absolute atomic E-state index is 5.18. The molecule has 1 saturated carbocycles. The molecule has 1 aromatic heterocycles. The standard InChI is InChI=1S/C17H21N3O/c1-18-16-10-15(19-17(20-16)11-21-2)14-9-4-3-8-13(14)12-6-5-7-12/h3-4,8-10,12H,5-7,11H2,1-2H3,(H,18,19,20). The van der Waals surface area contributed by atoms with Gasteiger partial charge >= 0.3 is 0 Å². The van der Waals surface area contributed by atoms with E-state index >= 15 is 0 Å². The van der Waals surface area contributed by atoms with Crippen molar-refractivity contribution in [3.63, 3.8) is 0 Å². The summed E-state index contributed by atoms with van der Waals surface area (Å²) in [7, 11) is 3.54. The van der Waals surface area contributed by atoms with Crippen LogP contribution in [0.3, 0.4) is 0 Å². The van der Waals surface area contributed by atoms with Crippen LogP contribution in [0.4, 0.5) is 5.82 Å². The summed E-state index contributed by atoms with van der Waals surface area (Å²) in [4.78, 5) is 9.10. The summed E-state index contributed by atoms with van der Waals surface area (Å²) in [6.45, 7) is 0.425. The maximum Gasteiger partial charge on any atom is 0.157 e. The third-order valence-electron chi connectivity index (χ3n) is 4.08. The highest BCUT2D eigenvalue weighted by Gasteiger charge is 2.23. The number of hydrogen-bond acceptors (Lipinski definition) is 4. The Morgan fingerprint density at radius 2 is 2.05 bits per heavy atom. The van der Waals surface area contributed by atoms with Crippen molar-refractivity contribution < 1.29 is 4.74 Å². The summed E-state index contributed by atoms with van der Waals surface area (Å²) >= 11 is 0. The minimum Gasteiger partial charge on any atom is -0.377 e. The van der Waals surface area contributed by atoms with Crippen LogP contribution < -0.4 is 5.32 Å². The summed E-state index contributed by atoms with van der Waals surface area (Å²) < 4.78 is 5.18. The number of hydrogen-bond donors (Lipinski definition) is 1. The average molecular weight is 283 g/mol. The molecule has 1 heterocycles. The van der Waals surface area contributed by atoms with Gasteiger partial charge in [0.25, 0.3) is 0 Å². The van der Waals surface area contributed by atoms with Crippen molar-refractivity contribution in [1.82, 2.24) is 9.97 Å². The molecule has 4 heteroatoms. The van der Waals surface area contributed by atoms with Gasteiger partial charge in [-0.3, -0.25) is 0 Å². The molecule has 1 fully saturated rings. The van der Waals surface area contributed by atoms with Crippen LogP contribution in [-0.2, 0) is 11.3 Å². The van der Waals surface area contributed by atoms with Crippen molar-refractivity contribution in [2.45, 2.75) is 31.8 Å². The minimum absolute atomic E-state index is 0.425. The zero-order valence-electron chi connectivity index (χ0n) is 12.6. The van der Waals surface area contributed by atoms with Gasteiger partial charge in [-0.1, -0.05) is 30.7 Å². The molecule has 110 valence electrons. The molecule has 4 nitrogen and oxygen atoms in total. The number of methoxy groups -OCH3 is 1. The number of anilines is 1. The lowest BCUT2D eigenvalue weighted by Gasteiger charge is -2.27. The first-order chi connectivity index (χ1) is 10.3. The lowest BCUT2D eigenvalue weighted by atomic mass is 9.78. The smallest absolute Gasteiger partial charge is 0.157 e. The molecule has 21 heavy (non-hydrogen) atoms. The number of nitrogens with one attached hydrogen (secondary N) is 1. The molecular weight excluding hydrogens is 262 g/mol. The van der Waals surface area contributed by atoms with E-state index in [0.29, 0.717) is 18.3 Å². The Hall–Kier alpha value is -1.94. The van der Waals surface area contributed by atoms with Gasteiger partial charge in [-0.2, -0.15) is 0 Å². The molecular formula is C17H21N3O. The van der Waals surface area contributed by atoms with Crippen LogP contribution in [0.25, 0.3) is 11.3 Å². The van der Waals surface area contributed by atoms with Crippen LogP contribution >= 0.6 is 0 Å². The summed E-state index contributed by atoms with van der Waals surface area (Å²) in [5.74, 6) is 2.22. The minimum atomic E-state index is 0.425. The van der Waals surface area contributed by atoms with Crippen molar-refractivity contribution in [1.29, 1.82) is 0 Å². The molecule has 0 atom stereocenters. The van der Waals surface area contributed by atoms with Gasteiger partial charge < -0.3 is 10.1 Å². The number of ether oxygens (including phenoxy) is 1. The van der Waals surface area contributed by atoms with Crippen LogP contribution in [0.5, 0.6) is 0 Å². The van der Waals surface area contributed by atoms with E-state index < -0.39 is 0 Å². The fourth-order valence-corrected chi connectivity index (χ4v) is 2.76. The molecule has 0 spiro atoms. The fourth-order valence-electron chi connectivity index (χ4n) is 2.76. The monoisotopic (exact) mass is 283 g/mol. The SMILES string of the molecule is CNc1cc(-c2ccccc2C2CCC2)nc(COC)n1. The van der Waals surface area contributed by atoms with E-state index in [1.165, 1.54) is 30.4 Å². The average Bonchev–Trinajstić information content (AvgIpc) is 2.46. The third kappa shape index (κ3) is 2.90. The van der Waals surface area contributed by atoms with E-state index in [-0.39, 0.29) is 0 Å². The van der Waals surface area contributed by atoms with Crippen LogP contribution in [0, 0.1) is 0 Å². The Morgan fingerprint density at radius 3 is 2.71 bits per heavy atom. The predicted octanol–water partition coefficient (Wildman–Crippen LogP) is 3.60. The maximum atomic E-state index is 5.18. The molecule has 0 saturated heterocycles. The van der Waals surface area contributed by atoms with E-state index in [0.717, 1.165) is 11.5 Å². The first-order valence-electron chi connectivity index (χ1n) is 7.45. The molecule has 0 amide bonds. The highest BCUT2D eigenvalue weighted by atomic mass is 16.5. The fraction of sp³-hybridized carbons (Fsp3) is 0.412. The first kappa shape index (κ1) is 14.0. The summed E-state index contributed by atoms with van der Waals surface area (Å²) in [5, 5.41) is 3.11. The summed E-state index contributed by atoms with van der Waals surface area (Å²) in [6.07, 6.45) is 3.90. The van der Waals surface area contributed by atoms with E-state index in [1.54, 1.807) is 7.11 Å². The van der Waals surface area contributed by atoms with E-state index in [2.05, 4.69) is 39.6 Å². The molecule has 0 radical (unpaired) electrons. The van der Waals surface area contributed by atoms with Crippen LogP contribution in [-0.4, -0.2) is 24.1 Å². The topological polar surface area (TPSA) is 47.0 Å². The lowest BCUT2D eigenvalue weighted by molar-refractivity contribution is 0.178. The molecule has 3 rings (SSSR count). The van der Waals surface area contributed by atoms with Crippen LogP contribution in [0.15, 0.2) is 30.3 Å². The zero-order valence-corrected chi connectivity index (χ0v) is 12.6. The normalized spacial score (nSPS) is 14.8. The second kappa shape index (κ2) is 6.22.